The summed E-state index contributed by atoms with van der Waals surface area (Å²) >= 11 is 0. The third kappa shape index (κ3) is 53.8. The lowest BCUT2D eigenvalue weighted by atomic mass is 10.0. The fraction of sp³-hybridized carbons (Fsp3) is 0.817. The number of phosphoric ester groups is 1. The highest BCUT2D eigenvalue weighted by atomic mass is 31.2. The van der Waals surface area contributed by atoms with E-state index in [1.807, 2.05) is 27.2 Å². The normalized spacial score (nSPS) is 14.4. The monoisotopic (exact) mass is 990 g/mol. The second kappa shape index (κ2) is 51.1. The molecule has 0 saturated heterocycles. The summed E-state index contributed by atoms with van der Waals surface area (Å²) in [7, 11) is 1.55. The van der Waals surface area contributed by atoms with Crippen molar-refractivity contribution in [1.82, 2.24) is 5.32 Å². The zero-order valence-electron chi connectivity index (χ0n) is 46.0. The highest BCUT2D eigenvalue weighted by Crippen LogP contribution is 2.43. The molecule has 9 heteroatoms. The molecule has 0 radical (unpaired) electrons. The first-order chi connectivity index (χ1) is 33.5. The Morgan fingerprint density at radius 3 is 1.30 bits per heavy atom. The number of hydrogen-bond acceptors (Lipinski definition) is 5. The number of carbonyl (C=O) groups excluding carboxylic acids is 1. The molecule has 3 atom stereocenters. The van der Waals surface area contributed by atoms with Crippen LogP contribution < -0.4 is 5.32 Å². The molecule has 404 valence electrons. The van der Waals surface area contributed by atoms with E-state index >= 15 is 0 Å². The average molecular weight is 991 g/mol. The summed E-state index contributed by atoms with van der Waals surface area (Å²) in [6, 6.07) is -0.868. The summed E-state index contributed by atoms with van der Waals surface area (Å²) in [6.07, 6.45) is 69.5. The first kappa shape index (κ1) is 67.2. The van der Waals surface area contributed by atoms with Gasteiger partial charge in [0.15, 0.2) is 0 Å². The van der Waals surface area contributed by atoms with Crippen LogP contribution in [-0.2, 0) is 18.4 Å². The van der Waals surface area contributed by atoms with Crippen LogP contribution in [-0.4, -0.2) is 73.4 Å². The molecule has 0 aromatic carbocycles. The van der Waals surface area contributed by atoms with Crippen LogP contribution in [0, 0.1) is 0 Å². The van der Waals surface area contributed by atoms with Crippen molar-refractivity contribution in [1.29, 1.82) is 0 Å². The van der Waals surface area contributed by atoms with Crippen LogP contribution in [0.1, 0.15) is 264 Å². The number of hydrogen-bond donors (Lipinski definition) is 3. The number of rotatable bonds is 53. The molecule has 0 rings (SSSR count). The van der Waals surface area contributed by atoms with Crippen molar-refractivity contribution in [2.45, 2.75) is 276 Å². The van der Waals surface area contributed by atoms with Crippen LogP contribution in [0.25, 0.3) is 0 Å². The molecule has 0 fully saturated rings. The average Bonchev–Trinajstić information content (AvgIpc) is 3.31. The van der Waals surface area contributed by atoms with Crippen molar-refractivity contribution in [2.75, 3.05) is 40.9 Å². The molecular formula is C60H114N2O6P+. The lowest BCUT2D eigenvalue weighted by molar-refractivity contribution is -0.870. The lowest BCUT2D eigenvalue weighted by Gasteiger charge is -2.25. The molecule has 0 aromatic heterocycles. The van der Waals surface area contributed by atoms with Crippen molar-refractivity contribution in [3.05, 3.63) is 60.8 Å². The molecule has 1 amide bonds. The molecule has 69 heavy (non-hydrogen) atoms. The standard InChI is InChI=1S/C60H113N2O6P/c1-6-8-10-12-14-16-18-19-20-21-22-23-24-25-26-27-28-29-30-31-32-33-34-35-36-37-38-39-40-41-42-43-44-46-48-50-52-54-60(64)61-58(57-68-69(65,66)67-56-55-62(3,4)5)59(63)53-51-49-47-45-17-15-13-11-9-7-2/h9,11,17-19,21-22,45,51,53,58-59,63H,6-8,10,12-16,20,23-44,46-50,52,54-57H2,1-5H3,(H-,61,64,65,66)/p+1/b11-9+,19-18-,22-21-,45-17+,53-51+. The molecule has 0 bridgehead atoms. The van der Waals surface area contributed by atoms with Gasteiger partial charge in [0.05, 0.1) is 39.9 Å². The molecule has 0 aliphatic carbocycles. The maximum atomic E-state index is 12.9. The van der Waals surface area contributed by atoms with Gasteiger partial charge in [0.25, 0.3) is 0 Å². The minimum Gasteiger partial charge on any atom is -0.387 e. The van der Waals surface area contributed by atoms with E-state index in [0.717, 1.165) is 57.8 Å². The highest BCUT2D eigenvalue weighted by molar-refractivity contribution is 7.47. The molecule has 3 N–H and O–H groups in total. The van der Waals surface area contributed by atoms with E-state index in [2.05, 4.69) is 67.8 Å². The zero-order valence-corrected chi connectivity index (χ0v) is 46.9. The first-order valence-corrected chi connectivity index (χ1v) is 30.7. The molecule has 0 spiro atoms. The molecular weight excluding hydrogens is 876 g/mol. The third-order valence-corrected chi connectivity index (χ3v) is 13.9. The van der Waals surface area contributed by atoms with E-state index in [1.165, 1.54) is 186 Å². The predicted octanol–water partition coefficient (Wildman–Crippen LogP) is 17.7. The fourth-order valence-electron chi connectivity index (χ4n) is 8.41. The number of nitrogens with one attached hydrogen (secondary N) is 1. The number of nitrogens with zero attached hydrogens (tertiary/aromatic N) is 1. The van der Waals surface area contributed by atoms with Crippen LogP contribution in [0.15, 0.2) is 60.8 Å². The van der Waals surface area contributed by atoms with Crippen LogP contribution in [0.2, 0.25) is 0 Å². The van der Waals surface area contributed by atoms with E-state index < -0.39 is 20.0 Å². The van der Waals surface area contributed by atoms with Gasteiger partial charge in [0.2, 0.25) is 5.91 Å². The van der Waals surface area contributed by atoms with Gasteiger partial charge in [-0.3, -0.25) is 13.8 Å². The summed E-state index contributed by atoms with van der Waals surface area (Å²) in [5.41, 5.74) is 0. The topological polar surface area (TPSA) is 105 Å². The van der Waals surface area contributed by atoms with Gasteiger partial charge in [-0.15, -0.1) is 0 Å². The Hall–Kier alpha value is -1.80. The second-order valence-corrected chi connectivity index (χ2v) is 22.4. The minimum absolute atomic E-state index is 0.0531. The van der Waals surface area contributed by atoms with Crippen LogP contribution in [0.5, 0.6) is 0 Å². The maximum Gasteiger partial charge on any atom is 0.472 e. The number of quaternary nitrogens is 1. The first-order valence-electron chi connectivity index (χ1n) is 29.2. The summed E-state index contributed by atoms with van der Waals surface area (Å²) < 4.78 is 23.6. The second-order valence-electron chi connectivity index (χ2n) is 21.0. The van der Waals surface area contributed by atoms with E-state index in [4.69, 9.17) is 9.05 Å². The van der Waals surface area contributed by atoms with Gasteiger partial charge < -0.3 is 19.8 Å². The molecule has 3 unspecified atom stereocenters. The van der Waals surface area contributed by atoms with Gasteiger partial charge in [-0.05, 0) is 70.6 Å². The number of allylic oxidation sites excluding steroid dienone is 9. The largest absolute Gasteiger partial charge is 0.472 e. The van der Waals surface area contributed by atoms with Gasteiger partial charge in [-0.2, -0.15) is 0 Å². The van der Waals surface area contributed by atoms with Crippen molar-refractivity contribution < 1.29 is 32.9 Å². The fourth-order valence-corrected chi connectivity index (χ4v) is 9.14. The number of aliphatic hydroxyl groups is 1. The Kier molecular flexibility index (Phi) is 49.8. The highest BCUT2D eigenvalue weighted by Gasteiger charge is 2.27. The Morgan fingerprint density at radius 1 is 0.507 bits per heavy atom. The van der Waals surface area contributed by atoms with Gasteiger partial charge in [-0.25, -0.2) is 4.57 Å². The Bertz CT molecular complexity index is 1310. The number of likely N-dealkylation sites (N-methyl/N-ethyl adjacent to an activating group) is 1. The van der Waals surface area contributed by atoms with Crippen molar-refractivity contribution in [2.24, 2.45) is 0 Å². The number of phosphoric acid groups is 1. The molecule has 0 aromatic rings. The number of carbonyl (C=O) groups is 1. The summed E-state index contributed by atoms with van der Waals surface area (Å²) in [5, 5.41) is 13.8. The van der Waals surface area contributed by atoms with E-state index in [1.54, 1.807) is 6.08 Å². The molecule has 0 saturated carbocycles. The van der Waals surface area contributed by atoms with Crippen LogP contribution >= 0.6 is 7.82 Å². The van der Waals surface area contributed by atoms with Gasteiger partial charge >= 0.3 is 7.82 Å². The van der Waals surface area contributed by atoms with Crippen molar-refractivity contribution in [3.63, 3.8) is 0 Å². The van der Waals surface area contributed by atoms with Gasteiger partial charge in [0.1, 0.15) is 13.2 Å². The van der Waals surface area contributed by atoms with E-state index in [-0.39, 0.29) is 19.1 Å². The third-order valence-electron chi connectivity index (χ3n) is 12.9. The SMILES string of the molecule is CC/C=C/CC/C=C/CC/C=C/C(O)C(COP(=O)(O)OCC[N+](C)(C)C)NC(=O)CCCCCCCCCCCCCCCCCCCCCCCCCCC/C=C\C/C=C\CCCCCCC. The van der Waals surface area contributed by atoms with Gasteiger partial charge in [-0.1, -0.05) is 248 Å². The van der Waals surface area contributed by atoms with Gasteiger partial charge in [0, 0.05) is 6.42 Å². The van der Waals surface area contributed by atoms with E-state index in [0.29, 0.717) is 17.4 Å². The van der Waals surface area contributed by atoms with E-state index in [9.17, 15) is 19.4 Å². The Labute approximate surface area is 428 Å². The predicted molar refractivity (Wildman–Crippen MR) is 300 cm³/mol. The van der Waals surface area contributed by atoms with Crippen LogP contribution in [0.4, 0.5) is 0 Å². The number of unbranched alkanes of at least 4 members (excludes halogenated alkanes) is 32. The summed E-state index contributed by atoms with van der Waals surface area (Å²) in [6.45, 7) is 4.66. The zero-order chi connectivity index (χ0) is 50.6. The van der Waals surface area contributed by atoms with Crippen LogP contribution in [0.3, 0.4) is 0 Å². The van der Waals surface area contributed by atoms with Crippen molar-refractivity contribution >= 4 is 13.7 Å². The minimum atomic E-state index is -4.35. The maximum absolute atomic E-state index is 12.9. The number of aliphatic hydroxyl groups excluding tert-OH is 1. The Balaban J connectivity index is 3.86. The summed E-state index contributed by atoms with van der Waals surface area (Å²) in [5.74, 6) is -0.191. The molecule has 8 nitrogen and oxygen atoms in total. The molecule has 0 aliphatic rings. The summed E-state index contributed by atoms with van der Waals surface area (Å²) in [4.78, 5) is 23.2. The number of amides is 1. The molecule has 0 aliphatic heterocycles. The smallest absolute Gasteiger partial charge is 0.387 e. The quantitative estimate of drug-likeness (QED) is 0.0243. The molecule has 0 heterocycles. The Morgan fingerprint density at radius 2 is 0.884 bits per heavy atom. The lowest BCUT2D eigenvalue weighted by Crippen LogP contribution is -2.45. The van der Waals surface area contributed by atoms with Crippen molar-refractivity contribution in [3.8, 4) is 0 Å².